The molecule has 0 radical (unpaired) electrons. The van der Waals surface area contributed by atoms with Gasteiger partial charge in [0, 0.05) is 11.6 Å². The predicted molar refractivity (Wildman–Crippen MR) is 89.9 cm³/mol. The summed E-state index contributed by atoms with van der Waals surface area (Å²) in [6, 6.07) is 4.24. The molecule has 0 aliphatic carbocycles. The Morgan fingerprint density at radius 2 is 1.96 bits per heavy atom. The van der Waals surface area contributed by atoms with Gasteiger partial charge < -0.3 is 15.5 Å². The molecule has 2 aromatic rings. The van der Waals surface area contributed by atoms with E-state index in [2.05, 4.69) is 5.32 Å². The first-order valence-electron chi connectivity index (χ1n) is 7.25. The zero-order chi connectivity index (χ0) is 17.2. The monoisotopic (exact) mass is 358 g/mol. The number of nitrogens with two attached hydrogens (primary N) is 1. The fourth-order valence-corrected chi connectivity index (χ4v) is 2.32. The summed E-state index contributed by atoms with van der Waals surface area (Å²) in [4.78, 5) is 12.4. The third kappa shape index (κ3) is 4.55. The highest BCUT2D eigenvalue weighted by molar-refractivity contribution is 5.94. The van der Waals surface area contributed by atoms with Gasteiger partial charge in [-0.2, -0.15) is 0 Å². The minimum Gasteiger partial charge on any atom is -0.467 e. The van der Waals surface area contributed by atoms with Gasteiger partial charge in [-0.3, -0.25) is 4.79 Å². The molecule has 1 aromatic carbocycles. The summed E-state index contributed by atoms with van der Waals surface area (Å²) in [5, 5.41) is 2.79. The molecule has 1 unspecified atom stereocenters. The molecule has 1 aromatic heterocycles. The Hall–Kier alpha value is -1.92. The topological polar surface area (TPSA) is 68.3 Å². The van der Waals surface area contributed by atoms with Gasteiger partial charge in [0.25, 0.3) is 5.91 Å². The standard InChI is InChI=1S/C17H20F2N2O2.ClH/c1-17(2,3)15(13-5-4-11(18)7-14(13)19)21-16(22)10-6-12(8-20)23-9-10;/h4-7,9,15H,8,20H2,1-3H3,(H,21,22);1H. The minimum atomic E-state index is -0.694. The van der Waals surface area contributed by atoms with E-state index in [1.165, 1.54) is 24.5 Å². The minimum absolute atomic E-state index is 0. The van der Waals surface area contributed by atoms with Crippen LogP contribution in [0, 0.1) is 17.0 Å². The molecule has 2 rings (SSSR count). The number of hydrogen-bond acceptors (Lipinski definition) is 3. The number of carbonyl (C=O) groups is 1. The fraction of sp³-hybridized carbons (Fsp3) is 0.353. The lowest BCUT2D eigenvalue weighted by Gasteiger charge is -2.32. The van der Waals surface area contributed by atoms with Gasteiger partial charge in [0.15, 0.2) is 0 Å². The van der Waals surface area contributed by atoms with Crippen LogP contribution in [0.5, 0.6) is 0 Å². The lowest BCUT2D eigenvalue weighted by atomic mass is 9.82. The lowest BCUT2D eigenvalue weighted by molar-refractivity contribution is 0.0899. The van der Waals surface area contributed by atoms with Crippen molar-refractivity contribution >= 4 is 18.3 Å². The Morgan fingerprint density at radius 3 is 2.46 bits per heavy atom. The quantitative estimate of drug-likeness (QED) is 0.869. The van der Waals surface area contributed by atoms with Gasteiger partial charge in [-0.05, 0) is 17.5 Å². The first kappa shape index (κ1) is 20.1. The number of rotatable bonds is 4. The van der Waals surface area contributed by atoms with Gasteiger partial charge in [0.05, 0.1) is 18.2 Å². The SMILES string of the molecule is CC(C)(C)C(NC(=O)c1coc(CN)c1)c1ccc(F)cc1F.Cl. The highest BCUT2D eigenvalue weighted by Gasteiger charge is 2.30. The molecule has 0 fully saturated rings. The van der Waals surface area contributed by atoms with E-state index >= 15 is 0 Å². The molecule has 3 N–H and O–H groups in total. The summed E-state index contributed by atoms with van der Waals surface area (Å²) in [6.07, 6.45) is 1.30. The molecule has 0 spiro atoms. The largest absolute Gasteiger partial charge is 0.467 e. The number of hydrogen-bond donors (Lipinski definition) is 2. The second kappa shape index (κ2) is 7.77. The Labute approximate surface area is 145 Å². The van der Waals surface area contributed by atoms with Gasteiger partial charge in [0.1, 0.15) is 23.7 Å². The number of halogens is 3. The van der Waals surface area contributed by atoms with E-state index in [1.807, 2.05) is 20.8 Å². The summed E-state index contributed by atoms with van der Waals surface area (Å²) < 4.78 is 32.4. The van der Waals surface area contributed by atoms with Crippen molar-refractivity contribution in [2.75, 3.05) is 0 Å². The Balaban J connectivity index is 0.00000288. The normalized spacial score (nSPS) is 12.4. The van der Waals surface area contributed by atoms with Crippen LogP contribution in [0.3, 0.4) is 0 Å². The second-order valence-electron chi connectivity index (χ2n) is 6.44. The van der Waals surface area contributed by atoms with Crippen LogP contribution in [-0.2, 0) is 6.54 Å². The maximum atomic E-state index is 14.1. The lowest BCUT2D eigenvalue weighted by Crippen LogP contribution is -2.37. The van der Waals surface area contributed by atoms with E-state index in [4.69, 9.17) is 10.2 Å². The van der Waals surface area contributed by atoms with Crippen molar-refractivity contribution in [3.63, 3.8) is 0 Å². The number of carbonyl (C=O) groups excluding carboxylic acids is 1. The summed E-state index contributed by atoms with van der Waals surface area (Å²) in [7, 11) is 0. The number of furan rings is 1. The van der Waals surface area contributed by atoms with Crippen LogP contribution in [0.15, 0.2) is 34.9 Å². The molecular weight excluding hydrogens is 338 g/mol. The molecule has 0 bridgehead atoms. The highest BCUT2D eigenvalue weighted by Crippen LogP contribution is 2.34. The summed E-state index contributed by atoms with van der Waals surface area (Å²) in [6.45, 7) is 5.77. The van der Waals surface area contributed by atoms with Crippen molar-refractivity contribution in [3.05, 3.63) is 59.1 Å². The maximum Gasteiger partial charge on any atom is 0.255 e. The van der Waals surface area contributed by atoms with Gasteiger partial charge >= 0.3 is 0 Å². The average molecular weight is 359 g/mol. The van der Waals surface area contributed by atoms with Crippen LogP contribution in [-0.4, -0.2) is 5.91 Å². The second-order valence-corrected chi connectivity index (χ2v) is 6.44. The van der Waals surface area contributed by atoms with Gasteiger partial charge in [0.2, 0.25) is 0 Å². The first-order valence-corrected chi connectivity index (χ1v) is 7.25. The molecule has 0 aliphatic heterocycles. The number of benzene rings is 1. The van der Waals surface area contributed by atoms with Crippen molar-refractivity contribution in [2.45, 2.75) is 33.4 Å². The molecule has 1 atom stereocenters. The Morgan fingerprint density at radius 1 is 1.29 bits per heavy atom. The molecular formula is C17H21ClF2N2O2. The molecule has 132 valence electrons. The third-order valence-corrected chi connectivity index (χ3v) is 3.53. The Bertz CT molecular complexity index is 711. The van der Waals surface area contributed by atoms with E-state index in [0.29, 0.717) is 11.3 Å². The van der Waals surface area contributed by atoms with Crippen LogP contribution in [0.25, 0.3) is 0 Å². The van der Waals surface area contributed by atoms with E-state index in [-0.39, 0.29) is 24.5 Å². The van der Waals surface area contributed by atoms with Crippen molar-refractivity contribution < 1.29 is 18.0 Å². The van der Waals surface area contributed by atoms with Crippen LogP contribution >= 0.6 is 12.4 Å². The average Bonchev–Trinajstić information content (AvgIpc) is 2.93. The zero-order valence-corrected chi connectivity index (χ0v) is 14.5. The molecule has 1 heterocycles. The maximum absolute atomic E-state index is 14.1. The summed E-state index contributed by atoms with van der Waals surface area (Å²) in [5.41, 5.74) is 5.51. The van der Waals surface area contributed by atoms with Gasteiger partial charge in [-0.1, -0.05) is 26.8 Å². The third-order valence-electron chi connectivity index (χ3n) is 3.53. The number of nitrogens with one attached hydrogen (secondary N) is 1. The van der Waals surface area contributed by atoms with E-state index in [0.717, 1.165) is 6.07 Å². The van der Waals surface area contributed by atoms with Gasteiger partial charge in [-0.15, -0.1) is 12.4 Å². The fourth-order valence-electron chi connectivity index (χ4n) is 2.32. The van der Waals surface area contributed by atoms with Crippen molar-refractivity contribution in [2.24, 2.45) is 11.1 Å². The van der Waals surface area contributed by atoms with Crippen molar-refractivity contribution in [1.29, 1.82) is 0 Å². The van der Waals surface area contributed by atoms with Crippen LogP contribution in [0.2, 0.25) is 0 Å². The zero-order valence-electron chi connectivity index (χ0n) is 13.7. The Kier molecular flexibility index (Phi) is 6.51. The molecule has 0 saturated carbocycles. The molecule has 4 nitrogen and oxygen atoms in total. The van der Waals surface area contributed by atoms with Gasteiger partial charge in [-0.25, -0.2) is 8.78 Å². The van der Waals surface area contributed by atoms with Crippen molar-refractivity contribution in [3.8, 4) is 0 Å². The van der Waals surface area contributed by atoms with E-state index in [1.54, 1.807) is 0 Å². The highest BCUT2D eigenvalue weighted by atomic mass is 35.5. The number of amides is 1. The van der Waals surface area contributed by atoms with E-state index < -0.39 is 29.0 Å². The van der Waals surface area contributed by atoms with Crippen LogP contribution in [0.1, 0.15) is 48.5 Å². The molecule has 7 heteroatoms. The van der Waals surface area contributed by atoms with Crippen molar-refractivity contribution in [1.82, 2.24) is 5.32 Å². The summed E-state index contributed by atoms with van der Waals surface area (Å²) >= 11 is 0. The van der Waals surface area contributed by atoms with Crippen LogP contribution in [0.4, 0.5) is 8.78 Å². The summed E-state index contributed by atoms with van der Waals surface area (Å²) in [5.74, 6) is -1.28. The smallest absolute Gasteiger partial charge is 0.255 e. The predicted octanol–water partition coefficient (Wildman–Crippen LogP) is 3.96. The first-order chi connectivity index (χ1) is 10.7. The molecule has 0 aliphatic rings. The molecule has 0 saturated heterocycles. The molecule has 24 heavy (non-hydrogen) atoms. The van der Waals surface area contributed by atoms with E-state index in [9.17, 15) is 13.6 Å². The molecule has 1 amide bonds. The van der Waals surface area contributed by atoms with Crippen LogP contribution < -0.4 is 11.1 Å².